The van der Waals surface area contributed by atoms with E-state index in [9.17, 15) is 19.8 Å². The number of carbonyl (C=O) groups excluding carboxylic acids is 2. The summed E-state index contributed by atoms with van der Waals surface area (Å²) in [6.45, 7) is 10.4. The van der Waals surface area contributed by atoms with Gasteiger partial charge >= 0.3 is 6.09 Å². The summed E-state index contributed by atoms with van der Waals surface area (Å²) < 4.78 is 6.14. The molecule has 4 rings (SSSR count). The number of amides is 2. The van der Waals surface area contributed by atoms with Crippen molar-refractivity contribution >= 4 is 12.0 Å². The van der Waals surface area contributed by atoms with Gasteiger partial charge in [0.05, 0.1) is 11.6 Å². The molecule has 2 aromatic rings. The van der Waals surface area contributed by atoms with Crippen molar-refractivity contribution in [1.29, 1.82) is 0 Å². The van der Waals surface area contributed by atoms with Crippen molar-refractivity contribution in [1.82, 2.24) is 9.80 Å². The highest BCUT2D eigenvalue weighted by atomic mass is 16.6. The van der Waals surface area contributed by atoms with Gasteiger partial charge in [-0.15, -0.1) is 0 Å². The molecule has 2 aliphatic rings. The average molecular weight is 523 g/mol. The molecule has 2 N–H and O–H groups in total. The number of piperidine rings is 1. The summed E-state index contributed by atoms with van der Waals surface area (Å²) in [6, 6.07) is 18.0. The number of aliphatic hydroxyl groups is 2. The Morgan fingerprint density at radius 2 is 1.61 bits per heavy atom. The second kappa shape index (κ2) is 10.7. The van der Waals surface area contributed by atoms with Crippen LogP contribution in [0.5, 0.6) is 0 Å². The highest BCUT2D eigenvalue weighted by Gasteiger charge is 2.46. The number of hydrogen-bond acceptors (Lipinski definition) is 5. The molecule has 2 fully saturated rings. The first-order chi connectivity index (χ1) is 17.8. The molecule has 0 spiro atoms. The lowest BCUT2D eigenvalue weighted by molar-refractivity contribution is -0.148. The minimum atomic E-state index is -1.34. The number of hydrogen-bond donors (Lipinski definition) is 2. The Morgan fingerprint density at radius 3 is 2.13 bits per heavy atom. The topological polar surface area (TPSA) is 90.3 Å². The molecule has 206 valence electrons. The maximum atomic E-state index is 13.3. The van der Waals surface area contributed by atoms with Crippen molar-refractivity contribution in [2.45, 2.75) is 89.1 Å². The second-order valence-electron chi connectivity index (χ2n) is 12.1. The Hall–Kier alpha value is -2.90. The van der Waals surface area contributed by atoms with Crippen molar-refractivity contribution in [2.24, 2.45) is 0 Å². The van der Waals surface area contributed by atoms with E-state index in [0.717, 1.165) is 24.0 Å². The van der Waals surface area contributed by atoms with Crippen LogP contribution in [0.1, 0.15) is 89.0 Å². The summed E-state index contributed by atoms with van der Waals surface area (Å²) in [4.78, 5) is 29.2. The summed E-state index contributed by atoms with van der Waals surface area (Å²) in [5.74, 6) is 0.144. The standard InChI is InChI=1S/C31H42N2O5/c1-22(23-11-13-24(14-12-23)25-15-18-32(19-16-25)27(34)30(4,5)37)33-20-17-31(38-28(33)35,21-29(2,3)36)26-9-7-6-8-10-26/h6-14,22,25,36-37H,15-21H2,1-5H3. The number of likely N-dealkylation sites (tertiary alicyclic amines) is 1. The zero-order valence-electron chi connectivity index (χ0n) is 23.3. The first kappa shape index (κ1) is 28.1. The Kier molecular flexibility index (Phi) is 7.91. The molecule has 2 atom stereocenters. The van der Waals surface area contributed by atoms with Crippen LogP contribution in [0.25, 0.3) is 0 Å². The molecule has 2 unspecified atom stereocenters. The fourth-order valence-corrected chi connectivity index (χ4v) is 5.92. The van der Waals surface area contributed by atoms with Gasteiger partial charge in [-0.2, -0.15) is 0 Å². The van der Waals surface area contributed by atoms with Crippen molar-refractivity contribution in [3.63, 3.8) is 0 Å². The highest BCUT2D eigenvalue weighted by molar-refractivity contribution is 5.84. The van der Waals surface area contributed by atoms with Gasteiger partial charge in [-0.25, -0.2) is 4.79 Å². The Morgan fingerprint density at radius 1 is 1.00 bits per heavy atom. The van der Waals surface area contributed by atoms with E-state index >= 15 is 0 Å². The third-order valence-corrected chi connectivity index (χ3v) is 7.96. The lowest BCUT2D eigenvalue weighted by Crippen LogP contribution is -2.51. The smallest absolute Gasteiger partial charge is 0.411 e. The Balaban J connectivity index is 1.41. The zero-order chi connectivity index (χ0) is 27.7. The fourth-order valence-electron chi connectivity index (χ4n) is 5.92. The number of ether oxygens (including phenoxy) is 1. The van der Waals surface area contributed by atoms with E-state index in [1.807, 2.05) is 37.3 Å². The highest BCUT2D eigenvalue weighted by Crippen LogP contribution is 2.42. The number of carbonyl (C=O) groups is 2. The predicted molar refractivity (Wildman–Crippen MR) is 147 cm³/mol. The first-order valence-corrected chi connectivity index (χ1v) is 13.7. The van der Waals surface area contributed by atoms with Crippen LogP contribution in [0.15, 0.2) is 54.6 Å². The fraction of sp³-hybridized carbons (Fsp3) is 0.548. The summed E-state index contributed by atoms with van der Waals surface area (Å²) in [7, 11) is 0. The van der Waals surface area contributed by atoms with E-state index in [0.29, 0.717) is 38.4 Å². The van der Waals surface area contributed by atoms with Crippen molar-refractivity contribution in [3.05, 3.63) is 71.3 Å². The molecule has 0 aromatic heterocycles. The van der Waals surface area contributed by atoms with E-state index in [1.54, 1.807) is 23.6 Å². The second-order valence-corrected chi connectivity index (χ2v) is 12.1. The molecule has 7 nitrogen and oxygen atoms in total. The molecule has 0 aliphatic carbocycles. The van der Waals surface area contributed by atoms with E-state index in [-0.39, 0.29) is 18.0 Å². The van der Waals surface area contributed by atoms with Crippen LogP contribution in [-0.2, 0) is 15.1 Å². The third-order valence-electron chi connectivity index (χ3n) is 7.96. The molecule has 2 saturated heterocycles. The lowest BCUT2D eigenvalue weighted by Gasteiger charge is -2.45. The van der Waals surface area contributed by atoms with Gasteiger partial charge in [0.15, 0.2) is 0 Å². The van der Waals surface area contributed by atoms with Gasteiger partial charge in [0.2, 0.25) is 0 Å². The Labute approximate surface area is 226 Å². The van der Waals surface area contributed by atoms with Crippen LogP contribution in [0.2, 0.25) is 0 Å². The molecule has 0 bridgehead atoms. The average Bonchev–Trinajstić information content (AvgIpc) is 2.87. The van der Waals surface area contributed by atoms with Gasteiger partial charge < -0.3 is 24.7 Å². The third kappa shape index (κ3) is 6.21. The Bertz CT molecular complexity index is 1110. The van der Waals surface area contributed by atoms with E-state index < -0.39 is 16.8 Å². The molecule has 2 aromatic carbocycles. The van der Waals surface area contributed by atoms with Crippen LogP contribution >= 0.6 is 0 Å². The minimum Gasteiger partial charge on any atom is -0.438 e. The first-order valence-electron chi connectivity index (χ1n) is 13.7. The van der Waals surface area contributed by atoms with Crippen LogP contribution in [0.4, 0.5) is 4.79 Å². The number of benzene rings is 2. The normalized spacial score (nSPS) is 22.2. The maximum absolute atomic E-state index is 13.3. The minimum absolute atomic E-state index is 0.154. The maximum Gasteiger partial charge on any atom is 0.411 e. The van der Waals surface area contributed by atoms with Gasteiger partial charge in [0, 0.05) is 32.5 Å². The molecular weight excluding hydrogens is 480 g/mol. The predicted octanol–water partition coefficient (Wildman–Crippen LogP) is 5.12. The molecule has 0 saturated carbocycles. The van der Waals surface area contributed by atoms with Crippen molar-refractivity contribution in [3.8, 4) is 0 Å². The molecule has 7 heteroatoms. The van der Waals surface area contributed by atoms with Gasteiger partial charge in [0.1, 0.15) is 11.2 Å². The molecule has 2 amide bonds. The van der Waals surface area contributed by atoms with E-state index in [4.69, 9.17) is 4.74 Å². The van der Waals surface area contributed by atoms with Gasteiger partial charge in [-0.05, 0) is 70.1 Å². The monoisotopic (exact) mass is 522 g/mol. The summed E-state index contributed by atoms with van der Waals surface area (Å²) >= 11 is 0. The van der Waals surface area contributed by atoms with Crippen LogP contribution in [-0.4, -0.2) is 62.8 Å². The summed E-state index contributed by atoms with van der Waals surface area (Å²) in [6.07, 6.45) is 2.27. The van der Waals surface area contributed by atoms with Gasteiger partial charge in [-0.1, -0.05) is 54.6 Å². The molecule has 38 heavy (non-hydrogen) atoms. The molecule has 2 aliphatic heterocycles. The van der Waals surface area contributed by atoms with E-state index in [1.165, 1.54) is 19.4 Å². The molecular formula is C31H42N2O5. The van der Waals surface area contributed by atoms with Gasteiger partial charge in [-0.3, -0.25) is 4.79 Å². The quantitative estimate of drug-likeness (QED) is 0.527. The van der Waals surface area contributed by atoms with Crippen LogP contribution in [0, 0.1) is 0 Å². The SMILES string of the molecule is CC(c1ccc(C2CCN(C(=O)C(C)(C)O)CC2)cc1)N1CCC(CC(C)(C)O)(c2ccccc2)OC1=O. The van der Waals surface area contributed by atoms with Crippen molar-refractivity contribution in [2.75, 3.05) is 19.6 Å². The van der Waals surface area contributed by atoms with Crippen LogP contribution in [0.3, 0.4) is 0 Å². The zero-order valence-corrected chi connectivity index (χ0v) is 23.3. The van der Waals surface area contributed by atoms with E-state index in [2.05, 4.69) is 24.3 Å². The number of nitrogens with zero attached hydrogens (tertiary/aromatic N) is 2. The molecule has 2 heterocycles. The number of cyclic esters (lactones) is 1. The largest absolute Gasteiger partial charge is 0.438 e. The summed E-state index contributed by atoms with van der Waals surface area (Å²) in [5, 5.41) is 20.6. The van der Waals surface area contributed by atoms with Gasteiger partial charge in [0.25, 0.3) is 5.91 Å². The van der Waals surface area contributed by atoms with Crippen LogP contribution < -0.4 is 0 Å². The summed E-state index contributed by atoms with van der Waals surface area (Å²) in [5.41, 5.74) is -0.0199. The number of rotatable bonds is 7. The molecule has 0 radical (unpaired) electrons. The van der Waals surface area contributed by atoms with Crippen molar-refractivity contribution < 1.29 is 24.5 Å². The lowest BCUT2D eigenvalue weighted by atomic mass is 9.80.